The van der Waals surface area contributed by atoms with Crippen LogP contribution in [0, 0.1) is 5.92 Å². The van der Waals surface area contributed by atoms with Gasteiger partial charge in [-0.1, -0.05) is 67.6 Å². The van der Waals surface area contributed by atoms with Crippen LogP contribution in [0.3, 0.4) is 0 Å². The summed E-state index contributed by atoms with van der Waals surface area (Å²) in [5.41, 5.74) is 10.0. The number of piperidine rings is 1. The van der Waals surface area contributed by atoms with Crippen molar-refractivity contribution in [3.05, 3.63) is 78.1 Å². The molecular formula is C27H34N6. The Labute approximate surface area is 197 Å². The molecule has 172 valence electrons. The molecule has 33 heavy (non-hydrogen) atoms. The largest absolute Gasteiger partial charge is 0.393 e. The molecule has 2 aliphatic rings. The van der Waals surface area contributed by atoms with E-state index in [0.29, 0.717) is 5.92 Å². The first-order chi connectivity index (χ1) is 16.2. The minimum atomic E-state index is 0.252. The van der Waals surface area contributed by atoms with Crippen molar-refractivity contribution in [3.63, 3.8) is 0 Å². The Bertz CT molecular complexity index is 993. The van der Waals surface area contributed by atoms with E-state index in [9.17, 15) is 0 Å². The van der Waals surface area contributed by atoms with Gasteiger partial charge in [0.15, 0.2) is 11.6 Å². The fourth-order valence-corrected chi connectivity index (χ4v) is 5.34. The van der Waals surface area contributed by atoms with Crippen molar-refractivity contribution in [2.75, 3.05) is 54.8 Å². The van der Waals surface area contributed by atoms with Crippen LogP contribution < -0.4 is 15.5 Å². The average Bonchev–Trinajstić information content (AvgIpc) is 2.86. The second kappa shape index (κ2) is 9.79. The van der Waals surface area contributed by atoms with Crippen molar-refractivity contribution in [2.24, 2.45) is 5.92 Å². The first kappa shape index (κ1) is 21.7. The smallest absolute Gasteiger partial charge is 0.157 e. The van der Waals surface area contributed by atoms with Crippen LogP contribution in [0.15, 0.2) is 67.0 Å². The van der Waals surface area contributed by atoms with Crippen LogP contribution >= 0.6 is 0 Å². The lowest BCUT2D eigenvalue weighted by atomic mass is 9.96. The molecule has 1 unspecified atom stereocenters. The summed E-state index contributed by atoms with van der Waals surface area (Å²) >= 11 is 0. The average molecular weight is 443 g/mol. The molecule has 6 nitrogen and oxygen atoms in total. The lowest BCUT2D eigenvalue weighted by Crippen LogP contribution is -2.48. The quantitative estimate of drug-likeness (QED) is 0.639. The summed E-state index contributed by atoms with van der Waals surface area (Å²) < 4.78 is 0. The van der Waals surface area contributed by atoms with E-state index in [1.54, 1.807) is 6.33 Å². The Kier molecular flexibility index (Phi) is 6.44. The first-order valence-electron chi connectivity index (χ1n) is 12.1. The molecule has 5 rings (SSSR count). The lowest BCUT2D eigenvalue weighted by Gasteiger charge is -2.41. The second-order valence-corrected chi connectivity index (χ2v) is 9.37. The highest BCUT2D eigenvalue weighted by atomic mass is 15.3. The van der Waals surface area contributed by atoms with Gasteiger partial charge < -0.3 is 15.5 Å². The third kappa shape index (κ3) is 4.67. The molecule has 0 bridgehead atoms. The zero-order valence-corrected chi connectivity index (χ0v) is 19.5. The predicted molar refractivity (Wildman–Crippen MR) is 136 cm³/mol. The Morgan fingerprint density at radius 1 is 0.788 bits per heavy atom. The highest BCUT2D eigenvalue weighted by molar-refractivity contribution is 5.76. The van der Waals surface area contributed by atoms with Crippen molar-refractivity contribution < 1.29 is 0 Å². The maximum Gasteiger partial charge on any atom is 0.157 e. The minimum absolute atomic E-state index is 0.252. The third-order valence-electron chi connectivity index (χ3n) is 7.01. The SMILES string of the molecule is CC1CCCN(c2ncnc(N3CCN(C(c4ccccc4)c4ccccc4)CC3)c2N)C1. The van der Waals surface area contributed by atoms with E-state index in [1.165, 1.54) is 24.0 Å². The molecule has 3 heterocycles. The summed E-state index contributed by atoms with van der Waals surface area (Å²) in [6, 6.07) is 21.9. The third-order valence-corrected chi connectivity index (χ3v) is 7.01. The summed E-state index contributed by atoms with van der Waals surface area (Å²) in [4.78, 5) is 16.4. The van der Waals surface area contributed by atoms with Gasteiger partial charge in [-0.15, -0.1) is 0 Å². The number of aromatic nitrogens is 2. The van der Waals surface area contributed by atoms with Crippen LogP contribution in [0.1, 0.15) is 36.9 Å². The second-order valence-electron chi connectivity index (χ2n) is 9.37. The van der Waals surface area contributed by atoms with Crippen LogP contribution in [0.5, 0.6) is 0 Å². The molecule has 2 N–H and O–H groups in total. The summed E-state index contributed by atoms with van der Waals surface area (Å²) in [5, 5.41) is 0. The topological polar surface area (TPSA) is 61.5 Å². The van der Waals surface area contributed by atoms with Crippen LogP contribution in [0.4, 0.5) is 17.3 Å². The van der Waals surface area contributed by atoms with Crippen LogP contribution in [0.25, 0.3) is 0 Å². The number of hydrogen-bond acceptors (Lipinski definition) is 6. The van der Waals surface area contributed by atoms with Crippen molar-refractivity contribution in [3.8, 4) is 0 Å². The van der Waals surface area contributed by atoms with Gasteiger partial charge in [0, 0.05) is 39.3 Å². The number of anilines is 3. The Balaban J connectivity index is 1.34. The van der Waals surface area contributed by atoms with Gasteiger partial charge in [-0.25, -0.2) is 9.97 Å². The highest BCUT2D eigenvalue weighted by Gasteiger charge is 2.29. The fraction of sp³-hybridized carbons (Fsp3) is 0.407. The molecule has 0 aliphatic carbocycles. The number of nitrogen functional groups attached to an aromatic ring is 1. The first-order valence-corrected chi connectivity index (χ1v) is 12.1. The Hall–Kier alpha value is -3.12. The number of nitrogens with zero attached hydrogens (tertiary/aromatic N) is 5. The van der Waals surface area contributed by atoms with E-state index in [-0.39, 0.29) is 6.04 Å². The Morgan fingerprint density at radius 2 is 1.36 bits per heavy atom. The fourth-order valence-electron chi connectivity index (χ4n) is 5.34. The number of piperazine rings is 1. The molecule has 2 aliphatic heterocycles. The molecule has 1 atom stereocenters. The maximum atomic E-state index is 6.65. The highest BCUT2D eigenvalue weighted by Crippen LogP contribution is 2.34. The predicted octanol–water partition coefficient (Wildman–Crippen LogP) is 4.21. The molecule has 0 saturated carbocycles. The van der Waals surface area contributed by atoms with E-state index in [2.05, 4.69) is 92.3 Å². The van der Waals surface area contributed by atoms with E-state index >= 15 is 0 Å². The summed E-state index contributed by atoms with van der Waals surface area (Å²) in [6.07, 6.45) is 4.16. The molecule has 1 aromatic heterocycles. The molecule has 0 radical (unpaired) electrons. The zero-order chi connectivity index (χ0) is 22.6. The van der Waals surface area contributed by atoms with E-state index in [4.69, 9.17) is 5.73 Å². The van der Waals surface area contributed by atoms with Crippen molar-refractivity contribution in [1.29, 1.82) is 0 Å². The Morgan fingerprint density at radius 3 is 1.94 bits per heavy atom. The van der Waals surface area contributed by atoms with Gasteiger partial charge >= 0.3 is 0 Å². The van der Waals surface area contributed by atoms with Crippen LogP contribution in [-0.2, 0) is 0 Å². The van der Waals surface area contributed by atoms with Gasteiger partial charge in [0.1, 0.15) is 12.0 Å². The molecular weight excluding hydrogens is 408 g/mol. The molecule has 2 fully saturated rings. The van der Waals surface area contributed by atoms with Crippen molar-refractivity contribution in [2.45, 2.75) is 25.8 Å². The van der Waals surface area contributed by atoms with Gasteiger partial charge in [-0.05, 0) is 29.9 Å². The lowest BCUT2D eigenvalue weighted by molar-refractivity contribution is 0.212. The van der Waals surface area contributed by atoms with Gasteiger partial charge in [0.2, 0.25) is 0 Å². The molecule has 0 spiro atoms. The van der Waals surface area contributed by atoms with E-state index < -0.39 is 0 Å². The van der Waals surface area contributed by atoms with Crippen molar-refractivity contribution >= 4 is 17.3 Å². The van der Waals surface area contributed by atoms with E-state index in [0.717, 1.165) is 56.6 Å². The number of benzene rings is 2. The number of hydrogen-bond donors (Lipinski definition) is 1. The van der Waals surface area contributed by atoms with Gasteiger partial charge in [0.05, 0.1) is 6.04 Å². The molecule has 3 aromatic rings. The van der Waals surface area contributed by atoms with Crippen LogP contribution in [0.2, 0.25) is 0 Å². The van der Waals surface area contributed by atoms with Crippen molar-refractivity contribution in [1.82, 2.24) is 14.9 Å². The monoisotopic (exact) mass is 442 g/mol. The zero-order valence-electron chi connectivity index (χ0n) is 19.5. The molecule has 0 amide bonds. The standard InChI is InChI=1S/C27H34N6/c1-21-9-8-14-33(19-21)27-24(28)26(29-20-30-27)32-17-15-31(16-18-32)25(22-10-4-2-5-11-22)23-12-6-3-7-13-23/h2-7,10-13,20-21,25H,8-9,14-19,28H2,1H3. The number of rotatable bonds is 5. The summed E-state index contributed by atoms with van der Waals surface area (Å²) in [7, 11) is 0. The summed E-state index contributed by atoms with van der Waals surface area (Å²) in [6.45, 7) is 8.04. The maximum absolute atomic E-state index is 6.65. The van der Waals surface area contributed by atoms with Gasteiger partial charge in [-0.3, -0.25) is 4.90 Å². The minimum Gasteiger partial charge on any atom is -0.393 e. The van der Waals surface area contributed by atoms with Crippen LogP contribution in [-0.4, -0.2) is 54.1 Å². The van der Waals surface area contributed by atoms with E-state index in [1.807, 2.05) is 0 Å². The normalized spacial score (nSPS) is 19.8. The molecule has 2 saturated heterocycles. The number of nitrogens with two attached hydrogens (primary N) is 1. The summed E-state index contributed by atoms with van der Waals surface area (Å²) in [5.74, 6) is 2.46. The van der Waals surface area contributed by atoms with Gasteiger partial charge in [-0.2, -0.15) is 0 Å². The van der Waals surface area contributed by atoms with Gasteiger partial charge in [0.25, 0.3) is 0 Å². The molecule has 6 heteroatoms. The molecule has 2 aromatic carbocycles.